The highest BCUT2D eigenvalue weighted by atomic mass is 16.6. The van der Waals surface area contributed by atoms with Crippen molar-refractivity contribution in [1.29, 1.82) is 0 Å². The minimum absolute atomic E-state index is 0.0512. The van der Waals surface area contributed by atoms with Crippen molar-refractivity contribution in [2.24, 2.45) is 0 Å². The Balaban J connectivity index is 0.935. The SMILES string of the molecule is COc1ccc(C(OCCO[C@H](CCO)n2ccc(NC(=O)CCCN(C)C(=O)OCC3c4ccccc4-c4ccccc43)nc2=O)(c2ccccc2)c2ccc(OC)cc2)cc1. The molecule has 0 unspecified atom stereocenters. The Bertz CT molecular complexity index is 2420. The number of hydrogen-bond donors (Lipinski definition) is 2. The molecule has 0 radical (unpaired) electrons. The molecule has 13 heteroatoms. The lowest BCUT2D eigenvalue weighted by Crippen LogP contribution is -2.35. The van der Waals surface area contributed by atoms with Gasteiger partial charge >= 0.3 is 11.8 Å². The van der Waals surface area contributed by atoms with Gasteiger partial charge in [-0.25, -0.2) is 9.59 Å². The first-order valence-corrected chi connectivity index (χ1v) is 20.9. The second kappa shape index (κ2) is 20.8. The van der Waals surface area contributed by atoms with Crippen LogP contribution in [0.4, 0.5) is 10.6 Å². The van der Waals surface area contributed by atoms with Gasteiger partial charge < -0.3 is 39.0 Å². The number of nitrogens with zero attached hydrogens (tertiary/aromatic N) is 3. The van der Waals surface area contributed by atoms with Gasteiger partial charge in [-0.2, -0.15) is 4.98 Å². The van der Waals surface area contributed by atoms with Crippen molar-refractivity contribution in [2.75, 3.05) is 59.6 Å². The van der Waals surface area contributed by atoms with Crippen LogP contribution in [0.25, 0.3) is 11.1 Å². The van der Waals surface area contributed by atoms with E-state index < -0.39 is 23.6 Å². The molecule has 0 fully saturated rings. The minimum atomic E-state index is -1.07. The average Bonchev–Trinajstić information content (AvgIpc) is 3.64. The number of fused-ring (bicyclic) bond motifs is 3. The monoisotopic (exact) mass is 852 g/mol. The lowest BCUT2D eigenvalue weighted by molar-refractivity contribution is -0.116. The van der Waals surface area contributed by atoms with Gasteiger partial charge in [-0.05, 0) is 75.7 Å². The molecular formula is C50H52N4O9. The van der Waals surface area contributed by atoms with E-state index in [4.69, 9.17) is 23.7 Å². The van der Waals surface area contributed by atoms with Gasteiger partial charge in [0, 0.05) is 45.2 Å². The molecule has 6 aromatic rings. The Hall–Kier alpha value is -6.80. The summed E-state index contributed by atoms with van der Waals surface area (Å²) in [6, 6.07) is 43.0. The zero-order valence-electron chi connectivity index (χ0n) is 35.6. The number of aliphatic hydroxyl groups excluding tert-OH is 1. The minimum Gasteiger partial charge on any atom is -0.497 e. The van der Waals surface area contributed by atoms with Crippen molar-refractivity contribution in [3.63, 3.8) is 0 Å². The van der Waals surface area contributed by atoms with Crippen LogP contribution in [-0.2, 0) is 24.6 Å². The summed E-state index contributed by atoms with van der Waals surface area (Å²) in [6.45, 7) is 0.391. The number of methoxy groups -OCH3 is 2. The van der Waals surface area contributed by atoms with E-state index in [1.165, 1.54) is 21.7 Å². The molecule has 63 heavy (non-hydrogen) atoms. The first-order valence-electron chi connectivity index (χ1n) is 20.9. The predicted molar refractivity (Wildman–Crippen MR) is 239 cm³/mol. The Morgan fingerprint density at radius 2 is 1.35 bits per heavy atom. The normalized spacial score (nSPS) is 12.5. The van der Waals surface area contributed by atoms with Crippen LogP contribution in [0.2, 0.25) is 0 Å². The number of nitrogens with one attached hydrogen (secondary N) is 1. The van der Waals surface area contributed by atoms with Crippen LogP contribution in [0.3, 0.4) is 0 Å². The summed E-state index contributed by atoms with van der Waals surface area (Å²) in [5, 5.41) is 12.6. The molecule has 13 nitrogen and oxygen atoms in total. The summed E-state index contributed by atoms with van der Waals surface area (Å²) >= 11 is 0. The number of ether oxygens (including phenoxy) is 5. The third kappa shape index (κ3) is 10.1. The number of amides is 2. The predicted octanol–water partition coefficient (Wildman–Crippen LogP) is 7.77. The molecular weight excluding hydrogens is 801 g/mol. The number of aliphatic hydroxyl groups is 1. The second-order valence-corrected chi connectivity index (χ2v) is 15.1. The van der Waals surface area contributed by atoms with E-state index in [9.17, 15) is 19.5 Å². The van der Waals surface area contributed by atoms with Crippen molar-refractivity contribution in [1.82, 2.24) is 14.5 Å². The van der Waals surface area contributed by atoms with Crippen LogP contribution in [-0.4, -0.2) is 85.8 Å². The fourth-order valence-electron chi connectivity index (χ4n) is 8.05. The van der Waals surface area contributed by atoms with E-state index in [1.807, 2.05) is 103 Å². The largest absolute Gasteiger partial charge is 0.497 e. The summed E-state index contributed by atoms with van der Waals surface area (Å²) < 4.78 is 30.9. The highest BCUT2D eigenvalue weighted by Crippen LogP contribution is 2.45. The molecule has 0 spiro atoms. The van der Waals surface area contributed by atoms with Crippen LogP contribution >= 0.6 is 0 Å². The lowest BCUT2D eigenvalue weighted by atomic mass is 9.80. The van der Waals surface area contributed by atoms with Crippen molar-refractivity contribution in [2.45, 2.75) is 37.0 Å². The lowest BCUT2D eigenvalue weighted by Gasteiger charge is -2.36. The quantitative estimate of drug-likeness (QED) is 0.0576. The van der Waals surface area contributed by atoms with E-state index in [1.54, 1.807) is 21.3 Å². The number of anilines is 1. The summed E-state index contributed by atoms with van der Waals surface area (Å²) in [5.74, 6) is 1.06. The van der Waals surface area contributed by atoms with Gasteiger partial charge in [-0.3, -0.25) is 9.36 Å². The summed E-state index contributed by atoms with van der Waals surface area (Å²) in [4.78, 5) is 44.6. The van der Waals surface area contributed by atoms with E-state index >= 15 is 0 Å². The Labute approximate surface area is 366 Å². The molecule has 2 N–H and O–H groups in total. The van der Waals surface area contributed by atoms with Gasteiger partial charge in [0.05, 0.1) is 27.4 Å². The Morgan fingerprint density at radius 3 is 1.92 bits per heavy atom. The molecule has 1 atom stereocenters. The van der Waals surface area contributed by atoms with Crippen molar-refractivity contribution >= 4 is 17.8 Å². The van der Waals surface area contributed by atoms with Crippen LogP contribution in [0.15, 0.2) is 144 Å². The summed E-state index contributed by atoms with van der Waals surface area (Å²) in [7, 11) is 4.87. The van der Waals surface area contributed by atoms with Gasteiger partial charge in [0.2, 0.25) is 5.91 Å². The van der Waals surface area contributed by atoms with Crippen molar-refractivity contribution in [3.8, 4) is 22.6 Å². The number of carbonyl (C=O) groups excluding carboxylic acids is 2. The Kier molecular flexibility index (Phi) is 14.6. The van der Waals surface area contributed by atoms with Crippen LogP contribution in [0.5, 0.6) is 11.5 Å². The molecule has 1 heterocycles. The summed E-state index contributed by atoms with van der Waals surface area (Å²) in [5.41, 5.74) is 5.42. The number of rotatable bonds is 20. The molecule has 0 saturated heterocycles. The van der Waals surface area contributed by atoms with Gasteiger partial charge in [0.1, 0.15) is 35.8 Å². The van der Waals surface area contributed by atoms with Crippen LogP contribution in [0.1, 0.15) is 59.2 Å². The van der Waals surface area contributed by atoms with Crippen LogP contribution < -0.4 is 20.5 Å². The fraction of sp³-hybridized carbons (Fsp3) is 0.280. The van der Waals surface area contributed by atoms with Crippen molar-refractivity contribution in [3.05, 3.63) is 178 Å². The number of carbonyl (C=O) groups is 2. The maximum Gasteiger partial charge on any atom is 0.409 e. The third-order valence-corrected chi connectivity index (χ3v) is 11.2. The number of aromatic nitrogens is 2. The molecule has 2 amide bonds. The summed E-state index contributed by atoms with van der Waals surface area (Å²) in [6.07, 6.45) is 0.675. The van der Waals surface area contributed by atoms with Crippen LogP contribution in [0, 0.1) is 0 Å². The first kappa shape index (κ1) is 44.3. The highest BCUT2D eigenvalue weighted by molar-refractivity contribution is 5.89. The van der Waals surface area contributed by atoms with E-state index in [0.717, 1.165) is 38.9 Å². The molecule has 1 aliphatic carbocycles. The van der Waals surface area contributed by atoms with Crippen molar-refractivity contribution < 1.29 is 38.4 Å². The first-order chi connectivity index (χ1) is 30.7. The van der Waals surface area contributed by atoms with E-state index in [0.29, 0.717) is 17.9 Å². The fourth-order valence-corrected chi connectivity index (χ4v) is 8.05. The molecule has 7 rings (SSSR count). The molecule has 5 aromatic carbocycles. The second-order valence-electron chi connectivity index (χ2n) is 15.1. The number of hydrogen-bond acceptors (Lipinski definition) is 10. The van der Waals surface area contributed by atoms with Gasteiger partial charge in [0.15, 0.2) is 0 Å². The standard InChI is InChI=1S/C50H52N4O9/c1-53(49(58)62-34-44-42-16-9-7-14-40(42)41-15-8-10-17-43(41)44)29-11-18-46(56)51-45-27-30-54(48(57)52-45)47(28-31-55)61-32-33-63-50(35-12-5-4-6-13-35,36-19-23-38(59-2)24-20-36)37-21-25-39(60-3)26-22-37/h4-10,12-17,19-27,30,44,47,55H,11,18,28-29,31-34H2,1-3H3,(H,51,52,56,57)/t47-/m1/s1. The van der Waals surface area contributed by atoms with E-state index in [2.05, 4.69) is 34.6 Å². The molecule has 1 aromatic heterocycles. The van der Waals surface area contributed by atoms with Gasteiger partial charge in [-0.15, -0.1) is 0 Å². The topological polar surface area (TPSA) is 151 Å². The molecule has 0 bridgehead atoms. The average molecular weight is 853 g/mol. The highest BCUT2D eigenvalue weighted by Gasteiger charge is 2.38. The maximum atomic E-state index is 13.3. The molecule has 1 aliphatic rings. The molecule has 0 aliphatic heterocycles. The smallest absolute Gasteiger partial charge is 0.409 e. The maximum absolute atomic E-state index is 13.3. The zero-order valence-corrected chi connectivity index (χ0v) is 35.6. The van der Waals surface area contributed by atoms with Gasteiger partial charge in [-0.1, -0.05) is 103 Å². The molecule has 326 valence electrons. The third-order valence-electron chi connectivity index (χ3n) is 11.2. The number of benzene rings is 5. The Morgan fingerprint density at radius 1 is 0.778 bits per heavy atom. The zero-order chi connectivity index (χ0) is 44.2. The van der Waals surface area contributed by atoms with E-state index in [-0.39, 0.29) is 63.5 Å². The molecule has 0 saturated carbocycles. The van der Waals surface area contributed by atoms with Gasteiger partial charge in [0.25, 0.3) is 0 Å².